The van der Waals surface area contributed by atoms with Crippen LogP contribution in [0.1, 0.15) is 16.1 Å². The molecular weight excluding hydrogens is 223 g/mol. The summed E-state index contributed by atoms with van der Waals surface area (Å²) in [4.78, 5) is 11.0. The van der Waals surface area contributed by atoms with E-state index in [1.807, 2.05) is 5.10 Å². The molecule has 0 aliphatic rings. The Balaban J connectivity index is 2.83. The normalized spacial score (nSPS) is 11.9. The first-order valence-corrected chi connectivity index (χ1v) is 4.25. The number of aromatic nitrogens is 2. The third kappa shape index (κ3) is 1.50. The highest BCUT2D eigenvalue weighted by Gasteiger charge is 2.36. The molecule has 0 saturated heterocycles. The van der Waals surface area contributed by atoms with Crippen molar-refractivity contribution in [3.63, 3.8) is 0 Å². The second kappa shape index (κ2) is 3.22. The van der Waals surface area contributed by atoms with Crippen LogP contribution in [-0.4, -0.2) is 16.1 Å². The van der Waals surface area contributed by atoms with Crippen molar-refractivity contribution in [3.05, 3.63) is 29.5 Å². The van der Waals surface area contributed by atoms with Gasteiger partial charge < -0.3 is 5.73 Å². The number of halogens is 3. The topological polar surface area (TPSA) is 71.8 Å². The molecule has 2 aromatic rings. The summed E-state index contributed by atoms with van der Waals surface area (Å²) in [6.07, 6.45) is -4.60. The smallest absolute Gasteiger partial charge is 0.366 e. The Labute approximate surface area is 87.2 Å². The molecule has 0 spiro atoms. The van der Waals surface area contributed by atoms with Crippen molar-refractivity contribution in [2.45, 2.75) is 6.18 Å². The first-order valence-electron chi connectivity index (χ1n) is 4.25. The zero-order valence-electron chi connectivity index (χ0n) is 7.80. The fourth-order valence-corrected chi connectivity index (χ4v) is 1.48. The summed E-state index contributed by atoms with van der Waals surface area (Å²) in [6.45, 7) is 0. The highest BCUT2D eigenvalue weighted by molar-refractivity contribution is 6.06. The predicted octanol–water partition coefficient (Wildman–Crippen LogP) is 1.68. The molecule has 1 heterocycles. The molecule has 1 amide bonds. The van der Waals surface area contributed by atoms with Gasteiger partial charge in [-0.3, -0.25) is 9.89 Å². The van der Waals surface area contributed by atoms with Crippen LogP contribution in [0.4, 0.5) is 13.2 Å². The molecule has 1 aromatic heterocycles. The number of hydrogen-bond donors (Lipinski definition) is 2. The zero-order chi connectivity index (χ0) is 11.9. The number of nitrogens with zero attached hydrogens (tertiary/aromatic N) is 1. The van der Waals surface area contributed by atoms with Crippen LogP contribution in [-0.2, 0) is 6.18 Å². The first kappa shape index (κ1) is 10.5. The number of aromatic amines is 1. The van der Waals surface area contributed by atoms with E-state index in [9.17, 15) is 18.0 Å². The van der Waals surface area contributed by atoms with Gasteiger partial charge in [0.05, 0.1) is 11.1 Å². The number of carbonyl (C=O) groups is 1. The largest absolute Gasteiger partial charge is 0.433 e. The Morgan fingerprint density at radius 3 is 2.62 bits per heavy atom. The number of H-pyrrole nitrogens is 1. The van der Waals surface area contributed by atoms with E-state index in [0.717, 1.165) is 0 Å². The molecule has 0 aliphatic heterocycles. The van der Waals surface area contributed by atoms with Gasteiger partial charge in [0.15, 0.2) is 0 Å². The SMILES string of the molecule is NC(=O)c1cccc2n[nH]c(C(F)(F)F)c12. The van der Waals surface area contributed by atoms with E-state index in [-0.39, 0.29) is 16.5 Å². The number of amides is 1. The Bertz CT molecular complexity index is 559. The summed E-state index contributed by atoms with van der Waals surface area (Å²) in [5.74, 6) is -0.919. The van der Waals surface area contributed by atoms with Crippen molar-refractivity contribution in [2.75, 3.05) is 0 Å². The van der Waals surface area contributed by atoms with Crippen molar-refractivity contribution in [3.8, 4) is 0 Å². The van der Waals surface area contributed by atoms with E-state index in [2.05, 4.69) is 5.10 Å². The molecule has 3 N–H and O–H groups in total. The van der Waals surface area contributed by atoms with Crippen molar-refractivity contribution in [2.24, 2.45) is 5.73 Å². The van der Waals surface area contributed by atoms with Gasteiger partial charge in [-0.15, -0.1) is 0 Å². The number of hydrogen-bond acceptors (Lipinski definition) is 2. The van der Waals surface area contributed by atoms with Crippen molar-refractivity contribution in [1.82, 2.24) is 10.2 Å². The number of benzene rings is 1. The molecule has 7 heteroatoms. The monoisotopic (exact) mass is 229 g/mol. The average molecular weight is 229 g/mol. The van der Waals surface area contributed by atoms with Gasteiger partial charge in [0.25, 0.3) is 0 Å². The molecule has 0 aliphatic carbocycles. The first-order chi connectivity index (χ1) is 7.41. The van der Waals surface area contributed by atoms with Gasteiger partial charge in [0, 0.05) is 5.39 Å². The van der Waals surface area contributed by atoms with Gasteiger partial charge in [0.1, 0.15) is 5.69 Å². The summed E-state index contributed by atoms with van der Waals surface area (Å²) in [7, 11) is 0. The minimum absolute atomic E-state index is 0.0589. The summed E-state index contributed by atoms with van der Waals surface area (Å²) in [5, 5.41) is 5.05. The van der Waals surface area contributed by atoms with Crippen LogP contribution in [0.25, 0.3) is 10.9 Å². The van der Waals surface area contributed by atoms with Gasteiger partial charge in [-0.05, 0) is 12.1 Å². The molecule has 0 saturated carbocycles. The Morgan fingerprint density at radius 1 is 1.38 bits per heavy atom. The van der Waals surface area contributed by atoms with Crippen LogP contribution < -0.4 is 5.73 Å². The number of fused-ring (bicyclic) bond motifs is 1. The number of nitrogens with one attached hydrogen (secondary N) is 1. The Hall–Kier alpha value is -2.05. The molecule has 0 unspecified atom stereocenters. The molecule has 0 bridgehead atoms. The van der Waals surface area contributed by atoms with Gasteiger partial charge in [0.2, 0.25) is 5.91 Å². The molecule has 16 heavy (non-hydrogen) atoms. The fraction of sp³-hybridized carbons (Fsp3) is 0.111. The molecule has 0 atom stereocenters. The summed E-state index contributed by atoms with van der Waals surface area (Å²) >= 11 is 0. The minimum atomic E-state index is -4.60. The van der Waals surface area contributed by atoms with Crippen LogP contribution in [0.5, 0.6) is 0 Å². The Morgan fingerprint density at radius 2 is 2.06 bits per heavy atom. The second-order valence-electron chi connectivity index (χ2n) is 3.16. The molecule has 0 fully saturated rings. The van der Waals surface area contributed by atoms with Gasteiger partial charge in [-0.25, -0.2) is 0 Å². The quantitative estimate of drug-likeness (QED) is 0.780. The van der Waals surface area contributed by atoms with E-state index in [0.29, 0.717) is 0 Å². The summed E-state index contributed by atoms with van der Waals surface area (Å²) in [5.41, 5.74) is 3.81. The third-order valence-electron chi connectivity index (χ3n) is 2.13. The number of rotatable bonds is 1. The molecule has 2 rings (SSSR count). The predicted molar refractivity (Wildman–Crippen MR) is 49.6 cm³/mol. The molecular formula is C9H6F3N3O. The number of carbonyl (C=O) groups excluding carboxylic acids is 1. The number of primary amides is 1. The lowest BCUT2D eigenvalue weighted by Gasteiger charge is -2.05. The van der Waals surface area contributed by atoms with E-state index in [1.165, 1.54) is 18.2 Å². The standard InChI is InChI=1S/C9H6F3N3O/c10-9(11,12)7-6-4(8(13)16)2-1-3-5(6)14-15-7/h1-3H,(H2,13,16)(H,14,15). The van der Waals surface area contributed by atoms with E-state index in [4.69, 9.17) is 5.73 Å². The van der Waals surface area contributed by atoms with E-state index < -0.39 is 17.8 Å². The van der Waals surface area contributed by atoms with Crippen LogP contribution in [0.15, 0.2) is 18.2 Å². The van der Waals surface area contributed by atoms with Crippen LogP contribution >= 0.6 is 0 Å². The van der Waals surface area contributed by atoms with Gasteiger partial charge in [-0.2, -0.15) is 18.3 Å². The number of nitrogens with two attached hydrogens (primary N) is 1. The molecule has 1 aromatic carbocycles. The third-order valence-corrected chi connectivity index (χ3v) is 2.13. The summed E-state index contributed by atoms with van der Waals surface area (Å²) < 4.78 is 37.7. The van der Waals surface area contributed by atoms with Crippen LogP contribution in [0.2, 0.25) is 0 Å². The van der Waals surface area contributed by atoms with Crippen molar-refractivity contribution in [1.29, 1.82) is 0 Å². The highest BCUT2D eigenvalue weighted by Crippen LogP contribution is 2.34. The zero-order valence-corrected chi connectivity index (χ0v) is 7.80. The molecule has 0 radical (unpaired) electrons. The maximum atomic E-state index is 12.6. The Kier molecular flexibility index (Phi) is 2.11. The lowest BCUT2D eigenvalue weighted by Crippen LogP contribution is -2.13. The number of alkyl halides is 3. The van der Waals surface area contributed by atoms with Crippen molar-refractivity contribution < 1.29 is 18.0 Å². The summed E-state index contributed by atoms with van der Waals surface area (Å²) in [6, 6.07) is 4.02. The van der Waals surface area contributed by atoms with Crippen LogP contribution in [0.3, 0.4) is 0 Å². The highest BCUT2D eigenvalue weighted by atomic mass is 19.4. The molecule has 4 nitrogen and oxygen atoms in total. The fourth-order valence-electron chi connectivity index (χ4n) is 1.48. The van der Waals surface area contributed by atoms with E-state index in [1.54, 1.807) is 0 Å². The van der Waals surface area contributed by atoms with Gasteiger partial charge in [-0.1, -0.05) is 6.07 Å². The van der Waals surface area contributed by atoms with Gasteiger partial charge >= 0.3 is 6.18 Å². The average Bonchev–Trinajstić information content (AvgIpc) is 2.59. The van der Waals surface area contributed by atoms with E-state index >= 15 is 0 Å². The van der Waals surface area contributed by atoms with Crippen LogP contribution in [0, 0.1) is 0 Å². The maximum absolute atomic E-state index is 12.6. The lowest BCUT2D eigenvalue weighted by molar-refractivity contribution is -0.139. The maximum Gasteiger partial charge on any atom is 0.433 e. The minimum Gasteiger partial charge on any atom is -0.366 e. The molecule has 84 valence electrons. The van der Waals surface area contributed by atoms with Crippen molar-refractivity contribution >= 4 is 16.8 Å². The second-order valence-corrected chi connectivity index (χ2v) is 3.16. The lowest BCUT2D eigenvalue weighted by atomic mass is 10.1.